The van der Waals surface area contributed by atoms with Crippen LogP contribution in [0.3, 0.4) is 0 Å². The van der Waals surface area contributed by atoms with Crippen LogP contribution in [0, 0.1) is 0 Å². The summed E-state index contributed by atoms with van der Waals surface area (Å²) in [5, 5.41) is 1.01. The van der Waals surface area contributed by atoms with Gasteiger partial charge in [-0.3, -0.25) is 4.79 Å². The number of hydrogen-bond acceptors (Lipinski definition) is 3. The summed E-state index contributed by atoms with van der Waals surface area (Å²) in [6, 6.07) is 17.2. The minimum Gasteiger partial charge on any atom is -0.489 e. The molecule has 1 N–H and O–H groups in total. The number of ether oxygens (including phenoxy) is 2. The van der Waals surface area contributed by atoms with Crippen LogP contribution in [-0.4, -0.2) is 11.6 Å². The van der Waals surface area contributed by atoms with Crippen LogP contribution in [0.4, 0.5) is 0 Å². The molecule has 2 aromatic carbocycles. The van der Waals surface area contributed by atoms with Crippen LogP contribution in [-0.2, 0) is 11.3 Å². The Morgan fingerprint density at radius 3 is 2.73 bits per heavy atom. The zero-order chi connectivity index (χ0) is 14.9. The van der Waals surface area contributed by atoms with Gasteiger partial charge in [-0.15, -0.1) is 0 Å². The van der Waals surface area contributed by atoms with Crippen molar-refractivity contribution in [2.75, 3.05) is 6.61 Å². The van der Waals surface area contributed by atoms with Gasteiger partial charge in [-0.05, 0) is 23.3 Å². The molecule has 1 unspecified atom stereocenters. The molecule has 0 saturated carbocycles. The highest BCUT2D eigenvalue weighted by Gasteiger charge is 2.27. The minimum absolute atomic E-state index is 0.105. The molecule has 0 bridgehead atoms. The molecule has 0 spiro atoms. The van der Waals surface area contributed by atoms with E-state index in [9.17, 15) is 4.79 Å². The van der Waals surface area contributed by atoms with Gasteiger partial charge in [0.15, 0.2) is 0 Å². The molecule has 3 aromatic rings. The summed E-state index contributed by atoms with van der Waals surface area (Å²) < 4.78 is 11.3. The first-order chi connectivity index (χ1) is 10.8. The third-order valence-electron chi connectivity index (χ3n) is 3.77. The first-order valence-electron chi connectivity index (χ1n) is 7.25. The van der Waals surface area contributed by atoms with Gasteiger partial charge in [0.2, 0.25) is 5.56 Å². The first kappa shape index (κ1) is 13.1. The Hall–Kier alpha value is -2.59. The van der Waals surface area contributed by atoms with Crippen LogP contribution < -0.4 is 10.3 Å². The van der Waals surface area contributed by atoms with E-state index in [1.807, 2.05) is 48.5 Å². The van der Waals surface area contributed by atoms with Crippen LogP contribution in [0.15, 0.2) is 59.4 Å². The average Bonchev–Trinajstić information content (AvgIpc) is 3.37. The predicted octanol–water partition coefficient (Wildman–Crippen LogP) is 3.18. The van der Waals surface area contributed by atoms with E-state index in [0.717, 1.165) is 34.4 Å². The summed E-state index contributed by atoms with van der Waals surface area (Å²) >= 11 is 0. The van der Waals surface area contributed by atoms with Gasteiger partial charge in [0, 0.05) is 17.5 Å². The molecule has 1 fully saturated rings. The number of fused-ring (bicyclic) bond motifs is 1. The number of nitrogens with one attached hydrogen (secondary N) is 1. The fourth-order valence-corrected chi connectivity index (χ4v) is 2.59. The lowest BCUT2D eigenvalue weighted by Gasteiger charge is -2.10. The van der Waals surface area contributed by atoms with Gasteiger partial charge in [-0.2, -0.15) is 0 Å². The Labute approximate surface area is 127 Å². The number of pyridine rings is 1. The Balaban J connectivity index is 1.70. The quantitative estimate of drug-likeness (QED) is 0.752. The van der Waals surface area contributed by atoms with E-state index in [1.54, 1.807) is 6.07 Å². The standard InChI is InChI=1S/C18H15NO3/c20-18-7-6-14-15(17-11-22-17)8-13(9-16(14)19-18)21-10-12-4-2-1-3-5-12/h1-9,17H,10-11H2,(H,19,20). The van der Waals surface area contributed by atoms with Crippen molar-refractivity contribution in [3.63, 3.8) is 0 Å². The zero-order valence-electron chi connectivity index (χ0n) is 11.9. The van der Waals surface area contributed by atoms with Crippen molar-refractivity contribution in [1.29, 1.82) is 0 Å². The maximum Gasteiger partial charge on any atom is 0.248 e. The molecule has 1 aromatic heterocycles. The second-order valence-corrected chi connectivity index (χ2v) is 5.39. The third-order valence-corrected chi connectivity index (χ3v) is 3.77. The molecule has 4 rings (SSSR count). The maximum absolute atomic E-state index is 11.5. The highest BCUT2D eigenvalue weighted by Crippen LogP contribution is 2.36. The van der Waals surface area contributed by atoms with Crippen LogP contribution in [0.25, 0.3) is 10.9 Å². The van der Waals surface area contributed by atoms with Gasteiger partial charge < -0.3 is 14.5 Å². The number of aromatic nitrogens is 1. The fraction of sp³-hybridized carbons (Fsp3) is 0.167. The topological polar surface area (TPSA) is 54.6 Å². The minimum atomic E-state index is -0.115. The van der Waals surface area contributed by atoms with Crippen molar-refractivity contribution in [3.05, 3.63) is 76.1 Å². The normalized spacial score (nSPS) is 16.6. The largest absolute Gasteiger partial charge is 0.489 e. The maximum atomic E-state index is 11.5. The number of aromatic amines is 1. The number of benzene rings is 2. The molecule has 110 valence electrons. The van der Waals surface area contributed by atoms with Crippen molar-refractivity contribution >= 4 is 10.9 Å². The molecule has 4 heteroatoms. The molecule has 0 aliphatic carbocycles. The molecule has 1 saturated heterocycles. The number of H-pyrrole nitrogens is 1. The number of epoxide rings is 1. The van der Waals surface area contributed by atoms with E-state index in [1.165, 1.54) is 0 Å². The van der Waals surface area contributed by atoms with Gasteiger partial charge in [-0.1, -0.05) is 30.3 Å². The highest BCUT2D eigenvalue weighted by molar-refractivity contribution is 5.84. The van der Waals surface area contributed by atoms with Crippen LogP contribution in [0.5, 0.6) is 5.75 Å². The molecule has 0 amide bonds. The highest BCUT2D eigenvalue weighted by atomic mass is 16.6. The van der Waals surface area contributed by atoms with Crippen molar-refractivity contribution in [3.8, 4) is 5.75 Å². The van der Waals surface area contributed by atoms with Crippen LogP contribution >= 0.6 is 0 Å². The van der Waals surface area contributed by atoms with Crippen LogP contribution in [0.2, 0.25) is 0 Å². The lowest BCUT2D eigenvalue weighted by Crippen LogP contribution is -2.04. The molecule has 1 aliphatic rings. The molecule has 1 atom stereocenters. The van der Waals surface area contributed by atoms with Crippen molar-refractivity contribution < 1.29 is 9.47 Å². The molecule has 22 heavy (non-hydrogen) atoms. The van der Waals surface area contributed by atoms with E-state index < -0.39 is 0 Å². The number of hydrogen-bond donors (Lipinski definition) is 1. The van der Waals surface area contributed by atoms with E-state index in [0.29, 0.717) is 6.61 Å². The van der Waals surface area contributed by atoms with Crippen LogP contribution in [0.1, 0.15) is 17.2 Å². The number of rotatable bonds is 4. The van der Waals surface area contributed by atoms with E-state index in [-0.39, 0.29) is 11.7 Å². The Morgan fingerprint density at radius 1 is 1.14 bits per heavy atom. The zero-order valence-corrected chi connectivity index (χ0v) is 11.9. The van der Waals surface area contributed by atoms with Crippen molar-refractivity contribution in [1.82, 2.24) is 4.98 Å². The summed E-state index contributed by atoms with van der Waals surface area (Å²) in [7, 11) is 0. The van der Waals surface area contributed by atoms with E-state index in [4.69, 9.17) is 9.47 Å². The third kappa shape index (κ3) is 2.61. The second-order valence-electron chi connectivity index (χ2n) is 5.39. The van der Waals surface area contributed by atoms with Gasteiger partial charge in [0.25, 0.3) is 0 Å². The molecule has 1 aliphatic heterocycles. The second kappa shape index (κ2) is 5.31. The van der Waals surface area contributed by atoms with Gasteiger partial charge in [-0.25, -0.2) is 0 Å². The molecule has 2 heterocycles. The average molecular weight is 293 g/mol. The summed E-state index contributed by atoms with van der Waals surface area (Å²) in [4.78, 5) is 14.4. The van der Waals surface area contributed by atoms with Gasteiger partial charge in [0.1, 0.15) is 18.5 Å². The summed E-state index contributed by atoms with van der Waals surface area (Å²) in [5.74, 6) is 0.740. The fourth-order valence-electron chi connectivity index (χ4n) is 2.59. The smallest absolute Gasteiger partial charge is 0.248 e. The Bertz CT molecular complexity index is 866. The van der Waals surface area contributed by atoms with Crippen molar-refractivity contribution in [2.24, 2.45) is 0 Å². The summed E-state index contributed by atoms with van der Waals surface area (Å²) in [6.07, 6.45) is 0.105. The lowest BCUT2D eigenvalue weighted by atomic mass is 10.1. The monoisotopic (exact) mass is 293 g/mol. The Morgan fingerprint density at radius 2 is 1.95 bits per heavy atom. The summed E-state index contributed by atoms with van der Waals surface area (Å²) in [6.45, 7) is 1.21. The van der Waals surface area contributed by atoms with Gasteiger partial charge in [0.05, 0.1) is 12.1 Å². The summed E-state index contributed by atoms with van der Waals surface area (Å²) in [5.41, 5.74) is 2.84. The van der Waals surface area contributed by atoms with Crippen molar-refractivity contribution in [2.45, 2.75) is 12.7 Å². The lowest BCUT2D eigenvalue weighted by molar-refractivity contribution is 0.306. The molecule has 4 nitrogen and oxygen atoms in total. The molecular weight excluding hydrogens is 278 g/mol. The molecular formula is C18H15NO3. The van der Waals surface area contributed by atoms with E-state index in [2.05, 4.69) is 4.98 Å². The predicted molar refractivity (Wildman–Crippen MR) is 84.0 cm³/mol. The molecule has 0 radical (unpaired) electrons. The SMILES string of the molecule is O=c1ccc2c(C3CO3)cc(OCc3ccccc3)cc2[nH]1. The first-order valence-corrected chi connectivity index (χ1v) is 7.25. The van der Waals surface area contributed by atoms with Gasteiger partial charge >= 0.3 is 0 Å². The Kier molecular flexibility index (Phi) is 3.16. The van der Waals surface area contributed by atoms with E-state index >= 15 is 0 Å².